The second-order valence-electron chi connectivity index (χ2n) is 4.48. The Bertz CT molecular complexity index is 922. The Balaban J connectivity index is 2.06. The molecule has 21 heavy (non-hydrogen) atoms. The molecule has 0 saturated carbocycles. The molecule has 0 aliphatic carbocycles. The number of hydrogen-bond donors (Lipinski definition) is 1. The van der Waals surface area contributed by atoms with Crippen molar-refractivity contribution in [3.05, 3.63) is 47.8 Å². The molecule has 0 radical (unpaired) electrons. The van der Waals surface area contributed by atoms with E-state index in [2.05, 4.69) is 13.5 Å². The Labute approximate surface area is 124 Å². The number of aromatic nitrogens is 2. The summed E-state index contributed by atoms with van der Waals surface area (Å²) in [5, 5.41) is 0. The minimum absolute atomic E-state index is 0.0197. The predicted molar refractivity (Wildman–Crippen MR) is 79.4 cm³/mol. The molecule has 2 aromatic carbocycles. The average Bonchev–Trinajstić information content (AvgIpc) is 2.90. The van der Waals surface area contributed by atoms with E-state index in [0.29, 0.717) is 11.1 Å². The van der Waals surface area contributed by atoms with Gasteiger partial charge in [0.1, 0.15) is 21.7 Å². The molecule has 1 heterocycles. The zero-order valence-corrected chi connectivity index (χ0v) is 12.5. The maximum absolute atomic E-state index is 13.8. The van der Waals surface area contributed by atoms with Crippen LogP contribution in [0.25, 0.3) is 11.0 Å². The Morgan fingerprint density at radius 1 is 1.19 bits per heavy atom. The number of nitrogens with zero attached hydrogens (tertiary/aromatic N) is 2. The number of halogens is 1. The average molecular weight is 323 g/mol. The van der Waals surface area contributed by atoms with Gasteiger partial charge in [0.05, 0.1) is 17.4 Å². The molecule has 0 spiro atoms. The number of nitrogens with one attached hydrogen (secondary N) is 1. The minimum Gasteiger partial charge on any atom is -0.277 e. The van der Waals surface area contributed by atoms with Gasteiger partial charge >= 0.3 is 0 Å². The van der Waals surface area contributed by atoms with Crippen LogP contribution < -0.4 is 4.72 Å². The molecule has 1 aromatic heterocycles. The molecule has 0 amide bonds. The topological polar surface area (TPSA) is 72.0 Å². The fourth-order valence-electron chi connectivity index (χ4n) is 1.90. The van der Waals surface area contributed by atoms with Crippen LogP contribution in [0.1, 0.15) is 5.56 Å². The van der Waals surface area contributed by atoms with Crippen molar-refractivity contribution < 1.29 is 12.8 Å². The van der Waals surface area contributed by atoms with Crippen LogP contribution in [0.2, 0.25) is 0 Å². The molecular weight excluding hydrogens is 313 g/mol. The summed E-state index contributed by atoms with van der Waals surface area (Å²) in [7, 11) is -3.93. The first-order chi connectivity index (χ1) is 9.97. The Hall–Kier alpha value is -2.06. The Morgan fingerprint density at radius 2 is 2.00 bits per heavy atom. The van der Waals surface area contributed by atoms with E-state index in [4.69, 9.17) is 0 Å². The van der Waals surface area contributed by atoms with Crippen LogP contribution in [0, 0.1) is 12.7 Å². The van der Waals surface area contributed by atoms with Gasteiger partial charge in [0.2, 0.25) is 0 Å². The maximum atomic E-state index is 13.8. The van der Waals surface area contributed by atoms with Gasteiger partial charge in [-0.3, -0.25) is 4.72 Å². The van der Waals surface area contributed by atoms with Crippen LogP contribution in [0.4, 0.5) is 10.1 Å². The molecule has 8 heteroatoms. The lowest BCUT2D eigenvalue weighted by Gasteiger charge is -2.09. The molecule has 108 valence electrons. The lowest BCUT2D eigenvalue weighted by atomic mass is 10.2. The van der Waals surface area contributed by atoms with Crippen LogP contribution in [0.15, 0.2) is 41.3 Å². The fraction of sp³-hybridized carbons (Fsp3) is 0.0769. The Kier molecular flexibility index (Phi) is 3.34. The molecule has 0 bridgehead atoms. The van der Waals surface area contributed by atoms with E-state index in [1.54, 1.807) is 25.1 Å². The summed E-state index contributed by atoms with van der Waals surface area (Å²) in [6, 6.07) is 8.95. The summed E-state index contributed by atoms with van der Waals surface area (Å²) in [6.07, 6.45) is 0. The summed E-state index contributed by atoms with van der Waals surface area (Å²) < 4.78 is 48.8. The number of aryl methyl sites for hydroxylation is 1. The van der Waals surface area contributed by atoms with Crippen molar-refractivity contribution in [3.8, 4) is 0 Å². The summed E-state index contributed by atoms with van der Waals surface area (Å²) in [4.78, 5) is -0.0197. The maximum Gasteiger partial charge on any atom is 0.264 e. The highest BCUT2D eigenvalue weighted by molar-refractivity contribution is 7.93. The quantitative estimate of drug-likeness (QED) is 0.804. The van der Waals surface area contributed by atoms with E-state index in [-0.39, 0.29) is 16.1 Å². The third-order valence-electron chi connectivity index (χ3n) is 2.91. The molecule has 0 unspecified atom stereocenters. The molecule has 3 rings (SSSR count). The predicted octanol–water partition coefficient (Wildman–Crippen LogP) is 2.94. The molecule has 1 N–H and O–H groups in total. The number of anilines is 1. The third kappa shape index (κ3) is 2.59. The monoisotopic (exact) mass is 323 g/mol. The first-order valence-corrected chi connectivity index (χ1v) is 8.19. The number of rotatable bonds is 3. The van der Waals surface area contributed by atoms with Gasteiger partial charge in [0.15, 0.2) is 0 Å². The SMILES string of the molecule is Cc1ccc(NS(=O)(=O)c2cccc3nsnc23)c(F)c1. The van der Waals surface area contributed by atoms with Crippen LogP contribution in [-0.4, -0.2) is 17.2 Å². The standard InChI is InChI=1S/C13H10FN3O2S2/c1-8-5-6-10(9(14)7-8)17-21(18,19)12-4-2-3-11-13(12)16-20-15-11/h2-7,17H,1H3. The van der Waals surface area contributed by atoms with Gasteiger partial charge in [-0.05, 0) is 36.8 Å². The summed E-state index contributed by atoms with van der Waals surface area (Å²) in [5.41, 5.74) is 1.39. The molecule has 3 aromatic rings. The minimum atomic E-state index is -3.93. The zero-order chi connectivity index (χ0) is 15.0. The van der Waals surface area contributed by atoms with Crippen molar-refractivity contribution >= 4 is 38.5 Å². The van der Waals surface area contributed by atoms with Gasteiger partial charge in [-0.15, -0.1) is 0 Å². The van der Waals surface area contributed by atoms with E-state index in [9.17, 15) is 12.8 Å². The largest absolute Gasteiger partial charge is 0.277 e. The lowest BCUT2D eigenvalue weighted by molar-refractivity contribution is 0.599. The molecule has 0 aliphatic heterocycles. The van der Waals surface area contributed by atoms with Crippen molar-refractivity contribution in [2.24, 2.45) is 0 Å². The molecule has 0 aliphatic rings. The first-order valence-electron chi connectivity index (χ1n) is 5.97. The van der Waals surface area contributed by atoms with Crippen molar-refractivity contribution in [1.29, 1.82) is 0 Å². The highest BCUT2D eigenvalue weighted by Crippen LogP contribution is 2.25. The second kappa shape index (κ2) is 5.05. The van der Waals surface area contributed by atoms with E-state index < -0.39 is 15.8 Å². The molecule has 0 atom stereocenters. The molecular formula is C13H10FN3O2S2. The van der Waals surface area contributed by atoms with Crippen molar-refractivity contribution in [3.63, 3.8) is 0 Å². The fourth-order valence-corrected chi connectivity index (χ4v) is 3.74. The van der Waals surface area contributed by atoms with E-state index >= 15 is 0 Å². The second-order valence-corrected chi connectivity index (χ2v) is 6.66. The third-order valence-corrected chi connectivity index (χ3v) is 4.85. The highest BCUT2D eigenvalue weighted by Gasteiger charge is 2.20. The lowest BCUT2D eigenvalue weighted by Crippen LogP contribution is -2.14. The van der Waals surface area contributed by atoms with Crippen LogP contribution in [0.5, 0.6) is 0 Å². The van der Waals surface area contributed by atoms with Gasteiger partial charge in [-0.25, -0.2) is 12.8 Å². The number of hydrogen-bond acceptors (Lipinski definition) is 5. The summed E-state index contributed by atoms with van der Waals surface area (Å²) >= 11 is 0.928. The van der Waals surface area contributed by atoms with Gasteiger partial charge in [0.25, 0.3) is 10.0 Å². The van der Waals surface area contributed by atoms with Crippen LogP contribution >= 0.6 is 11.7 Å². The molecule has 0 saturated heterocycles. The van der Waals surface area contributed by atoms with E-state index in [1.165, 1.54) is 18.2 Å². The van der Waals surface area contributed by atoms with Crippen molar-refractivity contribution in [1.82, 2.24) is 8.75 Å². The van der Waals surface area contributed by atoms with Gasteiger partial charge < -0.3 is 0 Å². The van der Waals surface area contributed by atoms with Gasteiger partial charge in [-0.2, -0.15) is 8.75 Å². The number of fused-ring (bicyclic) bond motifs is 1. The van der Waals surface area contributed by atoms with Crippen molar-refractivity contribution in [2.45, 2.75) is 11.8 Å². The van der Waals surface area contributed by atoms with Crippen LogP contribution in [0.3, 0.4) is 0 Å². The first kappa shape index (κ1) is 13.9. The van der Waals surface area contributed by atoms with Crippen LogP contribution in [-0.2, 0) is 10.0 Å². The number of sulfonamides is 1. The normalized spacial score (nSPS) is 11.7. The Morgan fingerprint density at radius 3 is 2.76 bits per heavy atom. The summed E-state index contributed by atoms with van der Waals surface area (Å²) in [6.45, 7) is 1.73. The number of benzene rings is 2. The van der Waals surface area contributed by atoms with Gasteiger partial charge in [0, 0.05) is 0 Å². The highest BCUT2D eigenvalue weighted by atomic mass is 32.2. The molecule has 0 fully saturated rings. The summed E-state index contributed by atoms with van der Waals surface area (Å²) in [5.74, 6) is -0.623. The van der Waals surface area contributed by atoms with E-state index in [1.807, 2.05) is 0 Å². The molecule has 5 nitrogen and oxygen atoms in total. The smallest absolute Gasteiger partial charge is 0.264 e. The van der Waals surface area contributed by atoms with E-state index in [0.717, 1.165) is 11.7 Å². The zero-order valence-electron chi connectivity index (χ0n) is 10.9. The van der Waals surface area contributed by atoms with Gasteiger partial charge in [-0.1, -0.05) is 12.1 Å². The van der Waals surface area contributed by atoms with Crippen molar-refractivity contribution in [2.75, 3.05) is 4.72 Å².